The van der Waals surface area contributed by atoms with Crippen LogP contribution < -0.4 is 5.32 Å². The lowest BCUT2D eigenvalue weighted by Crippen LogP contribution is -2.42. The molecule has 0 radical (unpaired) electrons. The van der Waals surface area contributed by atoms with Crippen LogP contribution in [0.3, 0.4) is 0 Å². The van der Waals surface area contributed by atoms with Gasteiger partial charge in [0.25, 0.3) is 0 Å². The number of hydrogen-bond acceptors (Lipinski definition) is 3. The number of carboxylic acids is 1. The van der Waals surface area contributed by atoms with Gasteiger partial charge in [-0.2, -0.15) is 0 Å². The number of rotatable bonds is 8. The Morgan fingerprint density at radius 1 is 1.44 bits per heavy atom. The lowest BCUT2D eigenvalue weighted by molar-refractivity contribution is -0.142. The molecule has 1 aliphatic carbocycles. The van der Waals surface area contributed by atoms with Gasteiger partial charge in [-0.15, -0.1) is 0 Å². The molecular weight excluding hydrogens is 210 g/mol. The number of carbonyl (C=O) groups is 2. The minimum Gasteiger partial charge on any atom is -0.480 e. The zero-order valence-corrected chi connectivity index (χ0v) is 9.57. The van der Waals surface area contributed by atoms with Crippen molar-refractivity contribution in [1.29, 1.82) is 0 Å². The van der Waals surface area contributed by atoms with E-state index >= 15 is 0 Å². The van der Waals surface area contributed by atoms with Gasteiger partial charge in [0.05, 0.1) is 0 Å². The third-order valence-electron chi connectivity index (χ3n) is 2.68. The topological polar surface area (TPSA) is 75.6 Å². The minimum atomic E-state index is -0.923. The molecule has 0 bridgehead atoms. The van der Waals surface area contributed by atoms with Gasteiger partial charge in [0, 0.05) is 20.1 Å². The zero-order valence-electron chi connectivity index (χ0n) is 9.57. The lowest BCUT2D eigenvalue weighted by atomic mass is 10.1. The van der Waals surface area contributed by atoms with Gasteiger partial charge in [-0.3, -0.25) is 4.79 Å². The fourth-order valence-corrected chi connectivity index (χ4v) is 1.59. The largest absolute Gasteiger partial charge is 0.480 e. The van der Waals surface area contributed by atoms with E-state index in [1.807, 2.05) is 0 Å². The van der Waals surface area contributed by atoms with Crippen molar-refractivity contribution in [3.05, 3.63) is 0 Å². The van der Waals surface area contributed by atoms with Crippen LogP contribution in [0.2, 0.25) is 0 Å². The Bertz CT molecular complexity index is 250. The van der Waals surface area contributed by atoms with E-state index in [1.165, 1.54) is 0 Å². The summed E-state index contributed by atoms with van der Waals surface area (Å²) >= 11 is 0. The summed E-state index contributed by atoms with van der Waals surface area (Å²) in [7, 11) is 1.62. The summed E-state index contributed by atoms with van der Waals surface area (Å²) in [5, 5.41) is 11.5. The maximum absolute atomic E-state index is 11.4. The fourth-order valence-electron chi connectivity index (χ4n) is 1.59. The second kappa shape index (κ2) is 6.48. The molecule has 2 N–H and O–H groups in total. The van der Waals surface area contributed by atoms with E-state index in [9.17, 15) is 9.59 Å². The van der Waals surface area contributed by atoms with Crippen LogP contribution in [0, 0.1) is 5.92 Å². The molecule has 1 aliphatic rings. The number of unbranched alkanes of at least 4 members (excludes halogenated alkanes) is 1. The van der Waals surface area contributed by atoms with E-state index in [2.05, 4.69) is 5.32 Å². The molecule has 0 aromatic rings. The minimum absolute atomic E-state index is 0.139. The molecule has 92 valence electrons. The van der Waals surface area contributed by atoms with Crippen molar-refractivity contribution in [2.75, 3.05) is 13.7 Å². The highest BCUT2D eigenvalue weighted by atomic mass is 16.5. The number of nitrogens with one attached hydrogen (secondary N) is 1. The first-order chi connectivity index (χ1) is 7.65. The summed E-state index contributed by atoms with van der Waals surface area (Å²) in [5.74, 6) is -0.955. The smallest absolute Gasteiger partial charge is 0.326 e. The van der Waals surface area contributed by atoms with Crippen LogP contribution in [-0.2, 0) is 14.3 Å². The molecule has 1 saturated carbocycles. The molecule has 1 fully saturated rings. The average molecular weight is 229 g/mol. The maximum Gasteiger partial charge on any atom is 0.326 e. The summed E-state index contributed by atoms with van der Waals surface area (Å²) in [6, 6.07) is -0.685. The number of hydrogen-bond donors (Lipinski definition) is 2. The van der Waals surface area contributed by atoms with Crippen molar-refractivity contribution in [2.24, 2.45) is 5.92 Å². The molecule has 1 amide bonds. The lowest BCUT2D eigenvalue weighted by Gasteiger charge is -2.13. The van der Waals surface area contributed by atoms with Crippen molar-refractivity contribution < 1.29 is 19.4 Å². The molecule has 0 saturated heterocycles. The van der Waals surface area contributed by atoms with Crippen molar-refractivity contribution in [2.45, 2.75) is 38.1 Å². The van der Waals surface area contributed by atoms with Gasteiger partial charge >= 0.3 is 5.97 Å². The molecule has 0 aromatic heterocycles. The molecule has 5 heteroatoms. The molecule has 0 aromatic carbocycles. The molecule has 1 atom stereocenters. The number of amides is 1. The summed E-state index contributed by atoms with van der Waals surface area (Å²) < 4.78 is 4.87. The molecular formula is C11H19NO4. The Morgan fingerprint density at radius 2 is 2.12 bits per heavy atom. The van der Waals surface area contributed by atoms with Crippen LogP contribution in [0.1, 0.15) is 32.1 Å². The molecule has 16 heavy (non-hydrogen) atoms. The molecule has 0 spiro atoms. The Morgan fingerprint density at radius 3 is 2.62 bits per heavy atom. The standard InChI is InChI=1S/C11H19NO4/c1-16-7-3-2-4-9(13)12-10(11(14)15)8-5-6-8/h8,10H,2-7H2,1H3,(H,12,13)(H,14,15). The Kier molecular flexibility index (Phi) is 5.25. The van der Waals surface area contributed by atoms with Gasteiger partial charge in [-0.25, -0.2) is 4.79 Å². The summed E-state index contributed by atoms with van der Waals surface area (Å²) in [5.41, 5.74) is 0. The zero-order chi connectivity index (χ0) is 12.0. The summed E-state index contributed by atoms with van der Waals surface area (Å²) in [4.78, 5) is 22.3. The number of aliphatic carboxylic acids is 1. The SMILES string of the molecule is COCCCCC(=O)NC(C(=O)O)C1CC1. The molecule has 1 rings (SSSR count). The van der Waals surface area contributed by atoms with Gasteiger partial charge in [-0.1, -0.05) is 0 Å². The number of carboxylic acid groups (broad SMARTS) is 1. The quantitative estimate of drug-likeness (QED) is 0.603. The summed E-state index contributed by atoms with van der Waals surface area (Å²) in [6.45, 7) is 0.637. The molecule has 5 nitrogen and oxygen atoms in total. The van der Waals surface area contributed by atoms with Crippen LogP contribution in [0.5, 0.6) is 0 Å². The van der Waals surface area contributed by atoms with Crippen molar-refractivity contribution in [1.82, 2.24) is 5.32 Å². The highest BCUT2D eigenvalue weighted by Crippen LogP contribution is 2.32. The monoisotopic (exact) mass is 229 g/mol. The van der Waals surface area contributed by atoms with E-state index in [0.717, 1.165) is 25.7 Å². The van der Waals surface area contributed by atoms with Crippen LogP contribution >= 0.6 is 0 Å². The third kappa shape index (κ3) is 4.61. The number of methoxy groups -OCH3 is 1. The van der Waals surface area contributed by atoms with Crippen LogP contribution in [0.25, 0.3) is 0 Å². The third-order valence-corrected chi connectivity index (χ3v) is 2.68. The Hall–Kier alpha value is -1.10. The van der Waals surface area contributed by atoms with E-state index in [4.69, 9.17) is 9.84 Å². The van der Waals surface area contributed by atoms with E-state index in [0.29, 0.717) is 13.0 Å². The van der Waals surface area contributed by atoms with Crippen LogP contribution in [0.4, 0.5) is 0 Å². The van der Waals surface area contributed by atoms with E-state index in [1.54, 1.807) is 7.11 Å². The van der Waals surface area contributed by atoms with Gasteiger partial charge in [0.15, 0.2) is 0 Å². The Labute approximate surface area is 95.2 Å². The summed E-state index contributed by atoms with van der Waals surface area (Å²) in [6.07, 6.45) is 3.74. The van der Waals surface area contributed by atoms with Crippen molar-refractivity contribution in [3.63, 3.8) is 0 Å². The first-order valence-electron chi connectivity index (χ1n) is 5.66. The first kappa shape index (κ1) is 13.0. The van der Waals surface area contributed by atoms with E-state index in [-0.39, 0.29) is 11.8 Å². The van der Waals surface area contributed by atoms with Crippen molar-refractivity contribution >= 4 is 11.9 Å². The highest BCUT2D eigenvalue weighted by Gasteiger charge is 2.36. The van der Waals surface area contributed by atoms with Crippen molar-refractivity contribution in [3.8, 4) is 0 Å². The van der Waals surface area contributed by atoms with E-state index < -0.39 is 12.0 Å². The van der Waals surface area contributed by atoms with Gasteiger partial charge < -0.3 is 15.2 Å². The number of ether oxygens (including phenoxy) is 1. The second-order valence-corrected chi connectivity index (χ2v) is 4.17. The highest BCUT2D eigenvalue weighted by molar-refractivity contribution is 5.83. The van der Waals surface area contributed by atoms with Crippen LogP contribution in [-0.4, -0.2) is 36.7 Å². The fraction of sp³-hybridized carbons (Fsp3) is 0.818. The van der Waals surface area contributed by atoms with Gasteiger partial charge in [-0.05, 0) is 31.6 Å². The molecule has 0 aliphatic heterocycles. The first-order valence-corrected chi connectivity index (χ1v) is 5.66. The van der Waals surface area contributed by atoms with Gasteiger partial charge in [0.1, 0.15) is 6.04 Å². The molecule has 1 unspecified atom stereocenters. The Balaban J connectivity index is 2.18. The molecule has 0 heterocycles. The predicted octanol–water partition coefficient (Wildman–Crippen LogP) is 0.782. The number of carbonyl (C=O) groups excluding carboxylic acids is 1. The normalized spacial score (nSPS) is 16.8. The van der Waals surface area contributed by atoms with Gasteiger partial charge in [0.2, 0.25) is 5.91 Å². The second-order valence-electron chi connectivity index (χ2n) is 4.17. The maximum atomic E-state index is 11.4. The van der Waals surface area contributed by atoms with Crippen LogP contribution in [0.15, 0.2) is 0 Å². The average Bonchev–Trinajstić information content (AvgIpc) is 3.04. The predicted molar refractivity (Wildman–Crippen MR) is 58.0 cm³/mol.